The highest BCUT2D eigenvalue weighted by atomic mass is 35.5. The quantitative estimate of drug-likeness (QED) is 0.233. The van der Waals surface area contributed by atoms with Gasteiger partial charge in [-0.2, -0.15) is 0 Å². The van der Waals surface area contributed by atoms with Gasteiger partial charge in [-0.05, 0) is 51.1 Å². The molecule has 188 valence electrons. The molecule has 0 amide bonds. The fourth-order valence-electron chi connectivity index (χ4n) is 3.64. The van der Waals surface area contributed by atoms with E-state index in [0.717, 1.165) is 11.1 Å². The van der Waals surface area contributed by atoms with Crippen LogP contribution in [0.5, 0.6) is 0 Å². The standard InChI is InChI=1S/C25H26ClN4O5P/c1-4-33-36(32,34-5-2)35-15-17(3)30-16-28-24-21(25(30)31)13-22(18-8-10-20(26)11-9-18)29-23(24)19-7-6-12-27-14-19/h6-14,16-17H,4-5,15H2,1-3H3. The molecule has 0 aliphatic carbocycles. The SMILES string of the molecule is CCOP(=O)(OCC)OCC(C)n1cnc2c(-c3cccnc3)nc(-c3ccc(Cl)cc3)cc2c1=O. The Bertz CT molecular complexity index is 1440. The zero-order valence-corrected chi connectivity index (χ0v) is 21.8. The Morgan fingerprint density at radius 1 is 1.06 bits per heavy atom. The van der Waals surface area contributed by atoms with Crippen molar-refractivity contribution in [3.63, 3.8) is 0 Å². The van der Waals surface area contributed by atoms with E-state index in [4.69, 9.17) is 30.2 Å². The molecule has 1 aromatic carbocycles. The molecular weight excluding hydrogens is 503 g/mol. The van der Waals surface area contributed by atoms with Gasteiger partial charge in [0, 0.05) is 28.5 Å². The van der Waals surface area contributed by atoms with Gasteiger partial charge in [-0.3, -0.25) is 27.9 Å². The molecule has 3 heterocycles. The summed E-state index contributed by atoms with van der Waals surface area (Å²) in [5, 5.41) is 0.974. The molecule has 1 atom stereocenters. The molecule has 4 rings (SSSR count). The molecular formula is C25H26ClN4O5P. The van der Waals surface area contributed by atoms with E-state index in [-0.39, 0.29) is 25.4 Å². The Morgan fingerprint density at radius 3 is 2.42 bits per heavy atom. The maximum Gasteiger partial charge on any atom is 0.474 e. The van der Waals surface area contributed by atoms with Gasteiger partial charge >= 0.3 is 7.82 Å². The number of nitrogens with zero attached hydrogens (tertiary/aromatic N) is 4. The number of aromatic nitrogens is 4. The van der Waals surface area contributed by atoms with E-state index in [2.05, 4.69) is 9.97 Å². The molecule has 0 aliphatic heterocycles. The summed E-state index contributed by atoms with van der Waals surface area (Å²) in [6.45, 7) is 5.42. The second-order valence-corrected chi connectivity index (χ2v) is 9.99. The summed E-state index contributed by atoms with van der Waals surface area (Å²) in [5.41, 5.74) is 2.82. The Labute approximate surface area is 213 Å². The highest BCUT2D eigenvalue weighted by Crippen LogP contribution is 2.49. The van der Waals surface area contributed by atoms with Crippen molar-refractivity contribution >= 4 is 30.3 Å². The van der Waals surface area contributed by atoms with Crippen LogP contribution in [0.15, 0.2) is 66.0 Å². The number of hydrogen-bond donors (Lipinski definition) is 0. The Hall–Kier alpha value is -2.94. The molecule has 3 aromatic heterocycles. The summed E-state index contributed by atoms with van der Waals surface area (Å²) in [6, 6.07) is 12.1. The Balaban J connectivity index is 1.79. The van der Waals surface area contributed by atoms with Gasteiger partial charge in [0.25, 0.3) is 5.56 Å². The minimum Gasteiger partial charge on any atom is -0.294 e. The molecule has 9 nitrogen and oxygen atoms in total. The van der Waals surface area contributed by atoms with Crippen molar-refractivity contribution in [3.05, 3.63) is 76.6 Å². The molecule has 0 radical (unpaired) electrons. The van der Waals surface area contributed by atoms with Gasteiger partial charge in [0.15, 0.2) is 0 Å². The summed E-state index contributed by atoms with van der Waals surface area (Å²) in [4.78, 5) is 27.2. The van der Waals surface area contributed by atoms with Gasteiger partial charge < -0.3 is 0 Å². The first-order valence-corrected chi connectivity index (χ1v) is 13.3. The van der Waals surface area contributed by atoms with Crippen LogP contribution in [0.3, 0.4) is 0 Å². The van der Waals surface area contributed by atoms with Crippen molar-refractivity contribution in [2.45, 2.75) is 26.8 Å². The number of rotatable bonds is 10. The minimum atomic E-state index is -3.72. The third kappa shape index (κ3) is 5.72. The molecule has 0 saturated heterocycles. The van der Waals surface area contributed by atoms with Gasteiger partial charge in [0.2, 0.25) is 0 Å². The van der Waals surface area contributed by atoms with Gasteiger partial charge in [0.1, 0.15) is 5.52 Å². The molecule has 36 heavy (non-hydrogen) atoms. The molecule has 1 unspecified atom stereocenters. The zero-order valence-electron chi connectivity index (χ0n) is 20.1. The highest BCUT2D eigenvalue weighted by Gasteiger charge is 2.27. The van der Waals surface area contributed by atoms with Gasteiger partial charge in [-0.15, -0.1) is 0 Å². The lowest BCUT2D eigenvalue weighted by Gasteiger charge is -2.20. The van der Waals surface area contributed by atoms with Crippen molar-refractivity contribution < 1.29 is 18.1 Å². The molecule has 0 saturated carbocycles. The van der Waals surface area contributed by atoms with Crippen LogP contribution in [0.4, 0.5) is 0 Å². The van der Waals surface area contributed by atoms with Crippen molar-refractivity contribution in [1.82, 2.24) is 19.5 Å². The first-order chi connectivity index (χ1) is 17.3. The van der Waals surface area contributed by atoms with E-state index in [1.54, 1.807) is 57.4 Å². The van der Waals surface area contributed by atoms with E-state index in [9.17, 15) is 9.36 Å². The number of pyridine rings is 2. The number of phosphoric ester groups is 1. The first-order valence-electron chi connectivity index (χ1n) is 11.5. The van der Waals surface area contributed by atoms with Crippen LogP contribution in [-0.2, 0) is 18.1 Å². The predicted molar refractivity (Wildman–Crippen MR) is 139 cm³/mol. The maximum absolute atomic E-state index is 13.6. The maximum atomic E-state index is 13.6. The van der Waals surface area contributed by atoms with Crippen LogP contribution in [-0.4, -0.2) is 39.3 Å². The monoisotopic (exact) mass is 528 g/mol. The van der Waals surface area contributed by atoms with Crippen LogP contribution >= 0.6 is 19.4 Å². The smallest absolute Gasteiger partial charge is 0.294 e. The largest absolute Gasteiger partial charge is 0.474 e. The lowest BCUT2D eigenvalue weighted by atomic mass is 10.1. The third-order valence-electron chi connectivity index (χ3n) is 5.37. The van der Waals surface area contributed by atoms with E-state index in [1.165, 1.54) is 10.9 Å². The third-order valence-corrected chi connectivity index (χ3v) is 7.23. The average Bonchev–Trinajstić information content (AvgIpc) is 2.88. The topological polar surface area (TPSA) is 105 Å². The van der Waals surface area contributed by atoms with E-state index < -0.39 is 13.9 Å². The fraction of sp³-hybridized carbons (Fsp3) is 0.280. The van der Waals surface area contributed by atoms with E-state index in [1.807, 2.05) is 18.2 Å². The van der Waals surface area contributed by atoms with Crippen LogP contribution in [0, 0.1) is 0 Å². The highest BCUT2D eigenvalue weighted by molar-refractivity contribution is 7.48. The van der Waals surface area contributed by atoms with Crippen LogP contribution in [0.2, 0.25) is 5.02 Å². The number of phosphoric acid groups is 1. The molecule has 11 heteroatoms. The number of halogens is 1. The molecule has 0 spiro atoms. The van der Waals surface area contributed by atoms with Crippen LogP contribution in [0.1, 0.15) is 26.8 Å². The van der Waals surface area contributed by atoms with Crippen molar-refractivity contribution in [1.29, 1.82) is 0 Å². The first kappa shape index (κ1) is 26.1. The molecule has 0 N–H and O–H groups in total. The summed E-state index contributed by atoms with van der Waals surface area (Å²) in [6.07, 6.45) is 4.78. The van der Waals surface area contributed by atoms with Crippen LogP contribution in [0.25, 0.3) is 33.4 Å². The predicted octanol–water partition coefficient (Wildman–Crippen LogP) is 5.93. The van der Waals surface area contributed by atoms with Gasteiger partial charge in [-0.25, -0.2) is 14.5 Å². The van der Waals surface area contributed by atoms with Crippen molar-refractivity contribution in [3.8, 4) is 22.5 Å². The number of benzene rings is 1. The zero-order chi connectivity index (χ0) is 25.7. The summed E-state index contributed by atoms with van der Waals surface area (Å²) < 4.78 is 30.0. The normalized spacial score (nSPS) is 12.7. The molecule has 0 fully saturated rings. The lowest BCUT2D eigenvalue weighted by Crippen LogP contribution is -2.26. The minimum absolute atomic E-state index is 0.0744. The fourth-order valence-corrected chi connectivity index (χ4v) is 5.02. The van der Waals surface area contributed by atoms with Crippen molar-refractivity contribution in [2.75, 3.05) is 19.8 Å². The number of fused-ring (bicyclic) bond motifs is 1. The van der Waals surface area contributed by atoms with Gasteiger partial charge in [-0.1, -0.05) is 23.7 Å². The second-order valence-electron chi connectivity index (χ2n) is 7.89. The molecule has 0 bridgehead atoms. The number of hydrogen-bond acceptors (Lipinski definition) is 8. The van der Waals surface area contributed by atoms with Crippen molar-refractivity contribution in [2.24, 2.45) is 0 Å². The summed E-state index contributed by atoms with van der Waals surface area (Å²) >= 11 is 6.06. The van der Waals surface area contributed by atoms with Gasteiger partial charge in [0.05, 0.1) is 49.0 Å². The molecule has 0 aliphatic rings. The van der Waals surface area contributed by atoms with E-state index >= 15 is 0 Å². The Morgan fingerprint density at radius 2 is 1.78 bits per heavy atom. The van der Waals surface area contributed by atoms with Crippen LogP contribution < -0.4 is 5.56 Å². The summed E-state index contributed by atoms with van der Waals surface area (Å²) in [7, 11) is -3.72. The van der Waals surface area contributed by atoms with E-state index in [0.29, 0.717) is 27.3 Å². The Kier molecular flexibility index (Phi) is 8.28. The molecule has 4 aromatic rings. The second kappa shape index (κ2) is 11.4. The summed E-state index contributed by atoms with van der Waals surface area (Å²) in [5.74, 6) is 0. The lowest BCUT2D eigenvalue weighted by molar-refractivity contribution is 0.110. The average molecular weight is 529 g/mol.